The number of aliphatic hydroxyl groups excluding tert-OH is 1. The van der Waals surface area contributed by atoms with Crippen molar-refractivity contribution >= 4 is 11.6 Å². The number of aromatic nitrogens is 2. The van der Waals surface area contributed by atoms with Crippen LogP contribution in [-0.2, 0) is 6.42 Å². The van der Waals surface area contributed by atoms with E-state index in [2.05, 4.69) is 27.5 Å². The summed E-state index contributed by atoms with van der Waals surface area (Å²) in [4.78, 5) is 8.98. The fraction of sp³-hybridized carbons (Fsp3) is 0.714. The van der Waals surface area contributed by atoms with E-state index in [0.29, 0.717) is 6.42 Å². The second kappa shape index (κ2) is 7.94. The van der Waals surface area contributed by atoms with E-state index in [0.717, 1.165) is 36.8 Å². The van der Waals surface area contributed by atoms with Gasteiger partial charge in [0.05, 0.1) is 6.10 Å². The first-order valence-corrected chi connectivity index (χ1v) is 7.11. The standard InChI is InChI=1S/C14H26N4O/c1-5-7-12-17-13(15-6-2)9-14(18-12)16-10(3)8-11(4)19/h9-11,19H,5-8H2,1-4H3,(H2,15,16,17,18). The average molecular weight is 266 g/mol. The van der Waals surface area contributed by atoms with Crippen LogP contribution in [0.2, 0.25) is 0 Å². The number of nitrogens with zero attached hydrogens (tertiary/aromatic N) is 2. The summed E-state index contributed by atoms with van der Waals surface area (Å²) in [5, 5.41) is 15.9. The van der Waals surface area contributed by atoms with Gasteiger partial charge >= 0.3 is 0 Å². The number of rotatable bonds is 8. The van der Waals surface area contributed by atoms with Crippen LogP contribution in [0.5, 0.6) is 0 Å². The van der Waals surface area contributed by atoms with Crippen LogP contribution < -0.4 is 10.6 Å². The minimum absolute atomic E-state index is 0.179. The topological polar surface area (TPSA) is 70.1 Å². The molecule has 0 aliphatic carbocycles. The van der Waals surface area contributed by atoms with Gasteiger partial charge in [0, 0.05) is 25.1 Å². The molecule has 1 rings (SSSR count). The molecule has 2 atom stereocenters. The lowest BCUT2D eigenvalue weighted by atomic mass is 10.1. The molecule has 0 aromatic carbocycles. The SMILES string of the molecule is CCCc1nc(NCC)cc(NC(C)CC(C)O)n1. The number of hydrogen-bond acceptors (Lipinski definition) is 5. The fourth-order valence-corrected chi connectivity index (χ4v) is 2.00. The van der Waals surface area contributed by atoms with Crippen molar-refractivity contribution in [3.05, 3.63) is 11.9 Å². The lowest BCUT2D eigenvalue weighted by molar-refractivity contribution is 0.179. The lowest BCUT2D eigenvalue weighted by Gasteiger charge is -2.17. The van der Waals surface area contributed by atoms with Gasteiger partial charge in [0.15, 0.2) is 0 Å². The average Bonchev–Trinajstić information content (AvgIpc) is 2.28. The molecule has 1 aromatic rings. The number of nitrogens with one attached hydrogen (secondary N) is 2. The van der Waals surface area contributed by atoms with Crippen LogP contribution >= 0.6 is 0 Å². The molecule has 5 heteroatoms. The molecular weight excluding hydrogens is 240 g/mol. The van der Waals surface area contributed by atoms with Gasteiger partial charge < -0.3 is 15.7 Å². The van der Waals surface area contributed by atoms with E-state index in [1.54, 1.807) is 6.92 Å². The van der Waals surface area contributed by atoms with Crippen molar-refractivity contribution in [1.29, 1.82) is 0 Å². The van der Waals surface area contributed by atoms with Crippen molar-refractivity contribution in [2.24, 2.45) is 0 Å². The number of aliphatic hydroxyl groups is 1. The number of hydrogen-bond donors (Lipinski definition) is 3. The Morgan fingerprint density at radius 3 is 2.47 bits per heavy atom. The number of anilines is 2. The van der Waals surface area contributed by atoms with Crippen LogP contribution in [0.1, 0.15) is 46.4 Å². The molecular formula is C14H26N4O. The Hall–Kier alpha value is -1.36. The summed E-state index contributed by atoms with van der Waals surface area (Å²) in [5.74, 6) is 2.53. The van der Waals surface area contributed by atoms with Crippen LogP contribution in [0.4, 0.5) is 11.6 Å². The van der Waals surface area contributed by atoms with Gasteiger partial charge in [-0.15, -0.1) is 0 Å². The van der Waals surface area contributed by atoms with Crippen molar-refractivity contribution in [1.82, 2.24) is 9.97 Å². The van der Waals surface area contributed by atoms with E-state index in [1.165, 1.54) is 0 Å². The predicted octanol–water partition coefficient (Wildman–Crippen LogP) is 2.43. The quantitative estimate of drug-likeness (QED) is 0.674. The molecule has 19 heavy (non-hydrogen) atoms. The van der Waals surface area contributed by atoms with Gasteiger partial charge in [-0.3, -0.25) is 0 Å². The molecule has 0 spiro atoms. The minimum Gasteiger partial charge on any atom is -0.393 e. The van der Waals surface area contributed by atoms with Crippen LogP contribution in [0.3, 0.4) is 0 Å². The van der Waals surface area contributed by atoms with E-state index in [9.17, 15) is 5.11 Å². The van der Waals surface area contributed by atoms with Gasteiger partial charge in [-0.25, -0.2) is 9.97 Å². The van der Waals surface area contributed by atoms with Crippen LogP contribution in [0.15, 0.2) is 6.07 Å². The van der Waals surface area contributed by atoms with Gasteiger partial charge in [0.2, 0.25) is 0 Å². The van der Waals surface area contributed by atoms with Crippen LogP contribution in [0.25, 0.3) is 0 Å². The lowest BCUT2D eigenvalue weighted by Crippen LogP contribution is -2.21. The van der Waals surface area contributed by atoms with Crippen molar-refractivity contribution in [2.45, 2.75) is 59.1 Å². The summed E-state index contributed by atoms with van der Waals surface area (Å²) in [6, 6.07) is 2.10. The molecule has 0 aliphatic heterocycles. The first-order chi connectivity index (χ1) is 9.05. The molecule has 1 aromatic heterocycles. The zero-order valence-electron chi connectivity index (χ0n) is 12.4. The highest BCUT2D eigenvalue weighted by molar-refractivity contribution is 5.48. The molecule has 3 N–H and O–H groups in total. The third-order valence-electron chi connectivity index (χ3n) is 2.69. The zero-order chi connectivity index (χ0) is 14.3. The van der Waals surface area contributed by atoms with Crippen LogP contribution in [-0.4, -0.2) is 33.8 Å². The summed E-state index contributed by atoms with van der Waals surface area (Å²) in [6.45, 7) is 8.84. The van der Waals surface area contributed by atoms with E-state index >= 15 is 0 Å². The van der Waals surface area contributed by atoms with Crippen molar-refractivity contribution in [3.8, 4) is 0 Å². The first kappa shape index (κ1) is 15.7. The Morgan fingerprint density at radius 2 is 1.89 bits per heavy atom. The Kier molecular flexibility index (Phi) is 6.56. The molecule has 108 valence electrons. The third-order valence-corrected chi connectivity index (χ3v) is 2.69. The zero-order valence-corrected chi connectivity index (χ0v) is 12.4. The Bertz CT molecular complexity index is 357. The van der Waals surface area contributed by atoms with E-state index in [-0.39, 0.29) is 12.1 Å². The van der Waals surface area contributed by atoms with Crippen molar-refractivity contribution in [3.63, 3.8) is 0 Å². The molecule has 2 unspecified atom stereocenters. The predicted molar refractivity (Wildman–Crippen MR) is 79.6 cm³/mol. The van der Waals surface area contributed by atoms with E-state index in [4.69, 9.17) is 0 Å². The molecule has 0 amide bonds. The van der Waals surface area contributed by atoms with Crippen molar-refractivity contribution in [2.75, 3.05) is 17.2 Å². The maximum atomic E-state index is 9.39. The van der Waals surface area contributed by atoms with Gasteiger partial charge in [-0.2, -0.15) is 0 Å². The summed E-state index contributed by atoms with van der Waals surface area (Å²) in [6.07, 6.45) is 2.29. The molecule has 1 heterocycles. The highest BCUT2D eigenvalue weighted by atomic mass is 16.3. The summed E-state index contributed by atoms with van der Waals surface area (Å²) >= 11 is 0. The second-order valence-corrected chi connectivity index (χ2v) is 4.97. The smallest absolute Gasteiger partial charge is 0.133 e. The van der Waals surface area contributed by atoms with Crippen molar-refractivity contribution < 1.29 is 5.11 Å². The number of aryl methyl sites for hydroxylation is 1. The Labute approximate surface area is 115 Å². The van der Waals surface area contributed by atoms with Gasteiger partial charge in [-0.05, 0) is 33.6 Å². The molecule has 5 nitrogen and oxygen atoms in total. The molecule has 0 radical (unpaired) electrons. The molecule has 0 saturated heterocycles. The highest BCUT2D eigenvalue weighted by Gasteiger charge is 2.09. The largest absolute Gasteiger partial charge is 0.393 e. The monoisotopic (exact) mass is 266 g/mol. The second-order valence-electron chi connectivity index (χ2n) is 4.97. The minimum atomic E-state index is -0.312. The summed E-state index contributed by atoms with van der Waals surface area (Å²) in [5.41, 5.74) is 0. The van der Waals surface area contributed by atoms with E-state index in [1.807, 2.05) is 19.9 Å². The van der Waals surface area contributed by atoms with Gasteiger partial charge in [-0.1, -0.05) is 6.92 Å². The van der Waals surface area contributed by atoms with Gasteiger partial charge in [0.25, 0.3) is 0 Å². The maximum Gasteiger partial charge on any atom is 0.133 e. The molecule has 0 fully saturated rings. The van der Waals surface area contributed by atoms with Crippen LogP contribution in [0, 0.1) is 0 Å². The third kappa shape index (κ3) is 5.87. The fourth-order valence-electron chi connectivity index (χ4n) is 2.00. The highest BCUT2D eigenvalue weighted by Crippen LogP contribution is 2.14. The maximum absolute atomic E-state index is 9.39. The molecule has 0 aliphatic rings. The normalized spacial score (nSPS) is 13.9. The molecule has 0 bridgehead atoms. The van der Waals surface area contributed by atoms with E-state index < -0.39 is 0 Å². The summed E-state index contributed by atoms with van der Waals surface area (Å²) in [7, 11) is 0. The molecule has 0 saturated carbocycles. The Balaban J connectivity index is 2.79. The first-order valence-electron chi connectivity index (χ1n) is 7.11. The van der Waals surface area contributed by atoms with Gasteiger partial charge in [0.1, 0.15) is 17.5 Å². The summed E-state index contributed by atoms with van der Waals surface area (Å²) < 4.78 is 0. The Morgan fingerprint density at radius 1 is 1.21 bits per heavy atom.